The van der Waals surface area contributed by atoms with E-state index < -0.39 is 8.07 Å². The van der Waals surface area contributed by atoms with Gasteiger partial charge < -0.3 is 9.97 Å². The molecule has 2 nitrogen and oxygen atoms in total. The average molecular weight is 691 g/mol. The number of hydrogen-bond acceptors (Lipinski definition) is 2. The first kappa shape index (κ1) is 29.4. The monoisotopic (exact) mass is 691 g/mol. The molecule has 0 bridgehead atoms. The third-order valence-electron chi connectivity index (χ3n) is 6.21. The summed E-state index contributed by atoms with van der Waals surface area (Å²) in [6.07, 6.45) is 3.92. The molecule has 195 valence electrons. The summed E-state index contributed by atoms with van der Waals surface area (Å²) in [6, 6.07) is 39.1. The molecule has 0 N–H and O–H groups in total. The molecule has 0 unspecified atom stereocenters. The van der Waals surface area contributed by atoms with E-state index in [1.165, 1.54) is 16.3 Å². The van der Waals surface area contributed by atoms with Crippen molar-refractivity contribution in [3.63, 3.8) is 0 Å². The molecule has 2 heterocycles. The Hall–Kier alpha value is -3.17. The summed E-state index contributed by atoms with van der Waals surface area (Å²) >= 11 is 0. The normalized spacial score (nSPS) is 10.8. The molecule has 5 aromatic rings. The average Bonchev–Trinajstić information content (AvgIpc) is 2.94. The van der Waals surface area contributed by atoms with Crippen molar-refractivity contribution >= 4 is 13.3 Å². The summed E-state index contributed by atoms with van der Waals surface area (Å²) < 4.78 is 0. The van der Waals surface area contributed by atoms with Crippen molar-refractivity contribution in [2.45, 2.75) is 39.4 Å². The molecule has 0 saturated carbocycles. The van der Waals surface area contributed by atoms with Crippen LogP contribution >= 0.6 is 0 Å². The largest absolute Gasteiger partial charge is 0.305 e. The Morgan fingerprint density at radius 2 is 1.34 bits per heavy atom. The van der Waals surface area contributed by atoms with E-state index in [1.54, 1.807) is 0 Å². The Balaban J connectivity index is 0.000000205. The van der Waals surface area contributed by atoms with Crippen LogP contribution in [0.5, 0.6) is 0 Å². The number of pyridine rings is 2. The molecule has 0 saturated heterocycles. The first-order valence-corrected chi connectivity index (χ1v) is 16.3. The maximum absolute atomic E-state index is 4.66. The van der Waals surface area contributed by atoms with Gasteiger partial charge in [0.25, 0.3) is 0 Å². The quantitative estimate of drug-likeness (QED) is 0.137. The fraction of sp³-hybridized carbons (Fsp3) is 0.176. The maximum Gasteiger partial charge on any atom is 0.0799 e. The fourth-order valence-corrected chi connectivity index (χ4v) is 5.97. The molecule has 0 fully saturated rings. The zero-order valence-electron chi connectivity index (χ0n) is 22.7. The van der Waals surface area contributed by atoms with Crippen molar-refractivity contribution in [3.05, 3.63) is 127 Å². The van der Waals surface area contributed by atoms with Gasteiger partial charge in [-0.3, -0.25) is 0 Å². The molecule has 0 aliphatic heterocycles. The van der Waals surface area contributed by atoms with Gasteiger partial charge in [-0.25, -0.2) is 0 Å². The van der Waals surface area contributed by atoms with Crippen molar-refractivity contribution in [1.82, 2.24) is 9.97 Å². The summed E-state index contributed by atoms with van der Waals surface area (Å²) in [5.41, 5.74) is 7.87. The number of rotatable bonds is 5. The first-order valence-electron chi connectivity index (χ1n) is 12.8. The van der Waals surface area contributed by atoms with Crippen molar-refractivity contribution in [2.24, 2.45) is 0 Å². The van der Waals surface area contributed by atoms with Crippen LogP contribution in [0.2, 0.25) is 19.6 Å². The van der Waals surface area contributed by atoms with Gasteiger partial charge in [0.2, 0.25) is 0 Å². The van der Waals surface area contributed by atoms with Crippen LogP contribution in [0, 0.1) is 12.1 Å². The van der Waals surface area contributed by atoms with E-state index in [0.29, 0.717) is 5.92 Å². The number of aromatic nitrogens is 2. The summed E-state index contributed by atoms with van der Waals surface area (Å²) in [4.78, 5) is 9.16. The standard InChI is InChI=1S/C17H22NSi.C17H12N.Ir/c1-13(2)15-11-16(14-9-7-6-8-10-14)18-12-17(15)19(3,4)5;1-3-8-14(9-4-1)16-12-7-13-18-17(16)15-10-5-2-6-11-15;/h6-9,11-13H,1-5H3;1-10,12-13H;/q2*-1;. The molecule has 38 heavy (non-hydrogen) atoms. The van der Waals surface area contributed by atoms with Crippen LogP contribution in [-0.2, 0) is 20.1 Å². The summed E-state index contributed by atoms with van der Waals surface area (Å²) in [6.45, 7) is 11.7. The van der Waals surface area contributed by atoms with Gasteiger partial charge >= 0.3 is 0 Å². The summed E-state index contributed by atoms with van der Waals surface area (Å²) in [5, 5.41) is 1.47. The fourth-order valence-electron chi connectivity index (χ4n) is 4.29. The van der Waals surface area contributed by atoms with E-state index in [0.717, 1.165) is 28.1 Å². The van der Waals surface area contributed by atoms with Crippen LogP contribution in [0.1, 0.15) is 25.3 Å². The van der Waals surface area contributed by atoms with Gasteiger partial charge in [0, 0.05) is 32.5 Å². The van der Waals surface area contributed by atoms with Gasteiger partial charge in [0.1, 0.15) is 0 Å². The SMILES string of the molecule is CC(C)c1cc(-c2[c-]cccc2)ncc1[Si](C)(C)C.[Ir].[c-]1ccccc1-c1ncccc1-c1ccccc1. The van der Waals surface area contributed by atoms with Crippen molar-refractivity contribution in [2.75, 3.05) is 0 Å². The maximum atomic E-state index is 4.66. The van der Waals surface area contributed by atoms with Gasteiger partial charge in [-0.05, 0) is 39.7 Å². The van der Waals surface area contributed by atoms with Crippen molar-refractivity contribution in [3.8, 4) is 33.6 Å². The third-order valence-corrected chi connectivity index (χ3v) is 8.24. The Labute approximate surface area is 242 Å². The Morgan fingerprint density at radius 3 is 1.92 bits per heavy atom. The Morgan fingerprint density at radius 1 is 0.711 bits per heavy atom. The molecule has 0 aliphatic rings. The molecule has 0 aliphatic carbocycles. The van der Waals surface area contributed by atoms with Crippen LogP contribution in [0.15, 0.2) is 109 Å². The smallest absolute Gasteiger partial charge is 0.0799 e. The van der Waals surface area contributed by atoms with E-state index in [9.17, 15) is 0 Å². The van der Waals surface area contributed by atoms with Crippen molar-refractivity contribution in [1.29, 1.82) is 0 Å². The number of benzene rings is 3. The van der Waals surface area contributed by atoms with Gasteiger partial charge in [0.15, 0.2) is 0 Å². The molecule has 3 aromatic carbocycles. The second kappa shape index (κ2) is 13.6. The predicted octanol–water partition coefficient (Wildman–Crippen LogP) is 8.43. The van der Waals surface area contributed by atoms with E-state index in [-0.39, 0.29) is 20.1 Å². The molecule has 1 radical (unpaired) electrons. The predicted molar refractivity (Wildman–Crippen MR) is 160 cm³/mol. The minimum atomic E-state index is -1.34. The van der Waals surface area contributed by atoms with Crippen molar-refractivity contribution < 1.29 is 20.1 Å². The van der Waals surface area contributed by atoms with E-state index in [1.807, 2.05) is 72.9 Å². The van der Waals surface area contributed by atoms with Crippen LogP contribution in [0.4, 0.5) is 0 Å². The molecule has 5 rings (SSSR count). The topological polar surface area (TPSA) is 25.8 Å². The number of hydrogen-bond donors (Lipinski definition) is 0. The molecule has 2 aromatic heterocycles. The van der Waals surface area contributed by atoms with E-state index in [2.05, 4.69) is 92.1 Å². The minimum absolute atomic E-state index is 0. The minimum Gasteiger partial charge on any atom is -0.305 e. The first-order chi connectivity index (χ1) is 17.8. The molecule has 4 heteroatoms. The van der Waals surface area contributed by atoms with Gasteiger partial charge in [-0.15, -0.1) is 71.8 Å². The zero-order valence-corrected chi connectivity index (χ0v) is 26.1. The second-order valence-electron chi connectivity index (χ2n) is 10.4. The van der Waals surface area contributed by atoms with E-state index >= 15 is 0 Å². The van der Waals surface area contributed by atoms with Gasteiger partial charge in [-0.2, -0.15) is 0 Å². The van der Waals surface area contributed by atoms with Gasteiger partial charge in [-0.1, -0.05) is 81.5 Å². The van der Waals surface area contributed by atoms with E-state index in [4.69, 9.17) is 0 Å². The Kier molecular flexibility index (Phi) is 10.5. The van der Waals surface area contributed by atoms with Crippen LogP contribution in [0.3, 0.4) is 0 Å². The van der Waals surface area contributed by atoms with Crippen LogP contribution in [0.25, 0.3) is 33.6 Å². The molecular weight excluding hydrogens is 657 g/mol. The zero-order chi connectivity index (χ0) is 26.3. The van der Waals surface area contributed by atoms with Crippen LogP contribution in [-0.4, -0.2) is 18.0 Å². The Bertz CT molecular complexity index is 1360. The second-order valence-corrected chi connectivity index (χ2v) is 15.4. The van der Waals surface area contributed by atoms with Crippen LogP contribution < -0.4 is 5.19 Å². The molecular formula is C34H34IrN2Si-2. The molecule has 0 atom stereocenters. The summed E-state index contributed by atoms with van der Waals surface area (Å²) in [5.74, 6) is 0.534. The third kappa shape index (κ3) is 7.45. The summed E-state index contributed by atoms with van der Waals surface area (Å²) in [7, 11) is -1.34. The number of nitrogens with zero attached hydrogens (tertiary/aromatic N) is 2. The molecule has 0 amide bonds. The van der Waals surface area contributed by atoms with Gasteiger partial charge in [0.05, 0.1) is 8.07 Å². The molecule has 0 spiro atoms.